The van der Waals surface area contributed by atoms with Crippen molar-refractivity contribution in [3.63, 3.8) is 0 Å². The van der Waals surface area contributed by atoms with Crippen LogP contribution in [0.1, 0.15) is 19.8 Å². The second-order valence-electron chi connectivity index (χ2n) is 6.95. The highest BCUT2D eigenvalue weighted by molar-refractivity contribution is 5.87. The molecule has 0 spiro atoms. The molecule has 1 aliphatic carbocycles. The molecule has 3 rings (SSSR count). The summed E-state index contributed by atoms with van der Waals surface area (Å²) in [4.78, 5) is 11.4. The standard InChI is InChI=1S/C16H24O9/c1-6-2-3-7-8(14(21)22)5-23-15(10(6)7)25-16-13(20)12(19)11(18)9(4-17)24-16/h5-7,9-13,15-20H,2-4H2,1H3,(H,21,22)/t6-,7-,9-,10+,11-,12+,13-,15+,16+/m1/s1. The van der Waals surface area contributed by atoms with Crippen molar-refractivity contribution in [1.29, 1.82) is 0 Å². The molecule has 9 atom stereocenters. The first-order chi connectivity index (χ1) is 11.8. The Morgan fingerprint density at radius 3 is 2.56 bits per heavy atom. The van der Waals surface area contributed by atoms with Crippen LogP contribution in [0.2, 0.25) is 0 Å². The van der Waals surface area contributed by atoms with Crippen molar-refractivity contribution in [3.8, 4) is 0 Å². The van der Waals surface area contributed by atoms with Crippen LogP contribution < -0.4 is 0 Å². The molecule has 1 saturated carbocycles. The molecule has 25 heavy (non-hydrogen) atoms. The fourth-order valence-electron chi connectivity index (χ4n) is 4.01. The van der Waals surface area contributed by atoms with Crippen LogP contribution in [0.3, 0.4) is 0 Å². The molecule has 2 heterocycles. The van der Waals surface area contributed by atoms with Gasteiger partial charge in [0.1, 0.15) is 24.4 Å². The van der Waals surface area contributed by atoms with Gasteiger partial charge in [-0.15, -0.1) is 0 Å². The molecule has 0 unspecified atom stereocenters. The van der Waals surface area contributed by atoms with Crippen LogP contribution in [0.4, 0.5) is 0 Å². The minimum absolute atomic E-state index is 0.142. The molecule has 2 aliphatic heterocycles. The lowest BCUT2D eigenvalue weighted by molar-refractivity contribution is -0.342. The molecule has 1 saturated heterocycles. The maximum atomic E-state index is 11.4. The summed E-state index contributed by atoms with van der Waals surface area (Å²) in [6.07, 6.45) is -5.10. The smallest absolute Gasteiger partial charge is 0.334 e. The predicted molar refractivity (Wildman–Crippen MR) is 80.8 cm³/mol. The van der Waals surface area contributed by atoms with Crippen molar-refractivity contribution in [1.82, 2.24) is 0 Å². The van der Waals surface area contributed by atoms with Gasteiger partial charge in [-0.2, -0.15) is 0 Å². The average molecular weight is 360 g/mol. The highest BCUT2D eigenvalue weighted by Crippen LogP contribution is 2.47. The Bertz CT molecular complexity index is 534. The van der Waals surface area contributed by atoms with E-state index >= 15 is 0 Å². The molecule has 0 bridgehead atoms. The van der Waals surface area contributed by atoms with E-state index in [2.05, 4.69) is 0 Å². The molecule has 9 heteroatoms. The Kier molecular flexibility index (Phi) is 5.33. The maximum absolute atomic E-state index is 11.4. The first-order valence-corrected chi connectivity index (χ1v) is 8.40. The molecular weight excluding hydrogens is 336 g/mol. The van der Waals surface area contributed by atoms with Gasteiger partial charge in [0.05, 0.1) is 18.4 Å². The van der Waals surface area contributed by atoms with E-state index in [1.807, 2.05) is 6.92 Å². The third-order valence-corrected chi connectivity index (χ3v) is 5.46. The van der Waals surface area contributed by atoms with Crippen LogP contribution in [-0.2, 0) is 19.0 Å². The van der Waals surface area contributed by atoms with Crippen LogP contribution in [0.15, 0.2) is 11.8 Å². The monoisotopic (exact) mass is 360 g/mol. The summed E-state index contributed by atoms with van der Waals surface area (Å²) in [5.74, 6) is -1.35. The molecule has 5 N–H and O–H groups in total. The zero-order chi connectivity index (χ0) is 18.3. The van der Waals surface area contributed by atoms with Crippen LogP contribution in [-0.4, -0.2) is 75.1 Å². The first kappa shape index (κ1) is 18.6. The Hall–Kier alpha value is -1.23. The van der Waals surface area contributed by atoms with Crippen LogP contribution in [0.25, 0.3) is 0 Å². The van der Waals surface area contributed by atoms with Crippen molar-refractivity contribution < 1.29 is 44.5 Å². The van der Waals surface area contributed by atoms with Gasteiger partial charge in [-0.05, 0) is 18.8 Å². The molecular formula is C16H24O9. The lowest BCUT2D eigenvalue weighted by atomic mass is 9.83. The summed E-state index contributed by atoms with van der Waals surface area (Å²) in [5.41, 5.74) is 0.197. The zero-order valence-corrected chi connectivity index (χ0v) is 13.8. The number of hydrogen-bond donors (Lipinski definition) is 5. The molecule has 142 valence electrons. The van der Waals surface area contributed by atoms with E-state index in [4.69, 9.17) is 14.2 Å². The molecule has 2 fully saturated rings. The van der Waals surface area contributed by atoms with E-state index in [1.54, 1.807) is 0 Å². The van der Waals surface area contributed by atoms with E-state index in [9.17, 15) is 30.3 Å². The summed E-state index contributed by atoms with van der Waals surface area (Å²) in [6, 6.07) is 0. The van der Waals surface area contributed by atoms with E-state index in [1.165, 1.54) is 0 Å². The SMILES string of the molecule is C[C@@H]1CC[C@@H]2C(C(=O)O)=CO[C@@H](O[C@@H]3O[C@H](CO)[C@@H](O)[C@H](O)[C@H]3O)[C@@H]12. The average Bonchev–Trinajstić information content (AvgIpc) is 2.97. The normalized spacial score (nSPS) is 46.9. The Morgan fingerprint density at radius 1 is 1.20 bits per heavy atom. The van der Waals surface area contributed by atoms with Gasteiger partial charge in [0, 0.05) is 11.8 Å². The molecule has 3 aliphatic rings. The summed E-state index contributed by atoms with van der Waals surface area (Å²) in [7, 11) is 0. The van der Waals surface area contributed by atoms with Gasteiger partial charge < -0.3 is 39.7 Å². The largest absolute Gasteiger partial charge is 0.478 e. The van der Waals surface area contributed by atoms with Crippen molar-refractivity contribution in [3.05, 3.63) is 11.8 Å². The second kappa shape index (κ2) is 7.18. The molecule has 0 aromatic rings. The Labute approximate surface area is 144 Å². The summed E-state index contributed by atoms with van der Waals surface area (Å²) < 4.78 is 16.5. The predicted octanol–water partition coefficient (Wildman–Crippen LogP) is -1.21. The van der Waals surface area contributed by atoms with Crippen molar-refractivity contribution in [2.24, 2.45) is 17.8 Å². The number of aliphatic hydroxyl groups excluding tert-OH is 4. The Morgan fingerprint density at radius 2 is 1.92 bits per heavy atom. The Balaban J connectivity index is 1.77. The van der Waals surface area contributed by atoms with E-state index in [-0.39, 0.29) is 23.3 Å². The topological polar surface area (TPSA) is 146 Å². The molecule has 0 amide bonds. The number of hydrogen-bond acceptors (Lipinski definition) is 8. The van der Waals surface area contributed by atoms with Crippen LogP contribution in [0.5, 0.6) is 0 Å². The number of aliphatic hydroxyl groups is 4. The summed E-state index contributed by atoms with van der Waals surface area (Å²) >= 11 is 0. The van der Waals surface area contributed by atoms with Crippen molar-refractivity contribution >= 4 is 5.97 Å². The third-order valence-electron chi connectivity index (χ3n) is 5.46. The van der Waals surface area contributed by atoms with Crippen molar-refractivity contribution in [2.45, 2.75) is 56.8 Å². The fraction of sp³-hybridized carbons (Fsp3) is 0.812. The first-order valence-electron chi connectivity index (χ1n) is 8.40. The number of carboxylic acid groups (broad SMARTS) is 1. The molecule has 0 aromatic heterocycles. The van der Waals surface area contributed by atoms with Crippen LogP contribution in [0, 0.1) is 17.8 Å². The number of carboxylic acids is 1. The number of ether oxygens (including phenoxy) is 3. The summed E-state index contributed by atoms with van der Waals surface area (Å²) in [5, 5.41) is 48.3. The molecule has 0 radical (unpaired) electrons. The van der Waals surface area contributed by atoms with Gasteiger partial charge in [0.2, 0.25) is 6.29 Å². The minimum Gasteiger partial charge on any atom is -0.478 e. The number of aliphatic carboxylic acids is 1. The highest BCUT2D eigenvalue weighted by atomic mass is 16.8. The fourth-order valence-corrected chi connectivity index (χ4v) is 4.01. The molecule has 0 aromatic carbocycles. The van der Waals surface area contributed by atoms with E-state index in [0.717, 1.165) is 12.7 Å². The van der Waals surface area contributed by atoms with Gasteiger partial charge in [0.25, 0.3) is 0 Å². The number of carbonyl (C=O) groups is 1. The van der Waals surface area contributed by atoms with Crippen molar-refractivity contribution in [2.75, 3.05) is 6.61 Å². The van der Waals surface area contributed by atoms with Gasteiger partial charge in [-0.25, -0.2) is 4.79 Å². The quantitative estimate of drug-likeness (QED) is 0.417. The summed E-state index contributed by atoms with van der Waals surface area (Å²) in [6.45, 7) is 1.42. The number of fused-ring (bicyclic) bond motifs is 1. The van der Waals surface area contributed by atoms with Gasteiger partial charge in [-0.1, -0.05) is 6.92 Å². The minimum atomic E-state index is -1.54. The second-order valence-corrected chi connectivity index (χ2v) is 6.95. The lowest BCUT2D eigenvalue weighted by Crippen LogP contribution is -2.60. The van der Waals surface area contributed by atoms with Gasteiger partial charge in [0.15, 0.2) is 6.29 Å². The van der Waals surface area contributed by atoms with E-state index in [0.29, 0.717) is 6.42 Å². The highest BCUT2D eigenvalue weighted by Gasteiger charge is 2.50. The molecule has 9 nitrogen and oxygen atoms in total. The third kappa shape index (κ3) is 3.27. The number of rotatable bonds is 4. The van der Waals surface area contributed by atoms with Crippen LogP contribution >= 0.6 is 0 Å². The lowest BCUT2D eigenvalue weighted by Gasteiger charge is -2.43. The van der Waals surface area contributed by atoms with Gasteiger partial charge >= 0.3 is 5.97 Å². The zero-order valence-electron chi connectivity index (χ0n) is 13.8. The van der Waals surface area contributed by atoms with E-state index < -0.39 is 49.6 Å². The van der Waals surface area contributed by atoms with Gasteiger partial charge in [-0.3, -0.25) is 0 Å². The maximum Gasteiger partial charge on any atom is 0.334 e.